The molecule has 1 atom stereocenters. The van der Waals surface area contributed by atoms with Crippen molar-refractivity contribution in [2.45, 2.75) is 12.5 Å². The molecule has 1 aliphatic rings. The van der Waals surface area contributed by atoms with Crippen molar-refractivity contribution in [1.82, 2.24) is 9.97 Å². The standard InChI is InChI=1S/C9H12N4O4/c1-17-9-7(13(15)16)8(10-5-11-9)12-3-2-6(14)4-12/h5-6,14H,2-4H2,1H3/t6-/m1/s1. The molecular formula is C9H12N4O4. The highest BCUT2D eigenvalue weighted by Gasteiger charge is 2.31. The summed E-state index contributed by atoms with van der Waals surface area (Å²) in [6.45, 7) is 0.864. The summed E-state index contributed by atoms with van der Waals surface area (Å²) in [6, 6.07) is 0. The number of aliphatic hydroxyl groups is 1. The number of rotatable bonds is 3. The maximum Gasteiger partial charge on any atom is 0.372 e. The van der Waals surface area contributed by atoms with Gasteiger partial charge in [-0.25, -0.2) is 4.98 Å². The molecule has 0 spiro atoms. The van der Waals surface area contributed by atoms with E-state index in [0.717, 1.165) is 0 Å². The van der Waals surface area contributed by atoms with E-state index in [0.29, 0.717) is 19.5 Å². The van der Waals surface area contributed by atoms with Crippen LogP contribution in [0.4, 0.5) is 11.5 Å². The Balaban J connectivity index is 2.42. The van der Waals surface area contributed by atoms with E-state index in [4.69, 9.17) is 4.74 Å². The normalized spacial score (nSPS) is 19.4. The van der Waals surface area contributed by atoms with Gasteiger partial charge in [0.15, 0.2) is 0 Å². The number of β-amino-alcohol motifs (C(OH)–C–C–N with tert-alkyl or cyclic N) is 1. The van der Waals surface area contributed by atoms with Gasteiger partial charge in [-0.15, -0.1) is 0 Å². The molecule has 0 unspecified atom stereocenters. The number of hydrogen-bond acceptors (Lipinski definition) is 7. The van der Waals surface area contributed by atoms with Crippen molar-refractivity contribution in [3.63, 3.8) is 0 Å². The van der Waals surface area contributed by atoms with Crippen LogP contribution in [0.3, 0.4) is 0 Å². The summed E-state index contributed by atoms with van der Waals surface area (Å²) in [4.78, 5) is 19.7. The van der Waals surface area contributed by atoms with Crippen LogP contribution in [0.25, 0.3) is 0 Å². The van der Waals surface area contributed by atoms with E-state index in [1.807, 2.05) is 0 Å². The average molecular weight is 240 g/mol. The monoisotopic (exact) mass is 240 g/mol. The Hall–Kier alpha value is -1.96. The summed E-state index contributed by atoms with van der Waals surface area (Å²) < 4.78 is 4.85. The van der Waals surface area contributed by atoms with Gasteiger partial charge in [-0.3, -0.25) is 10.1 Å². The molecular weight excluding hydrogens is 228 g/mol. The molecule has 0 saturated carbocycles. The van der Waals surface area contributed by atoms with Crippen molar-refractivity contribution >= 4 is 11.5 Å². The Labute approximate surface area is 97.0 Å². The molecule has 1 fully saturated rings. The van der Waals surface area contributed by atoms with E-state index < -0.39 is 11.0 Å². The van der Waals surface area contributed by atoms with Gasteiger partial charge in [0, 0.05) is 13.1 Å². The molecule has 1 aromatic heterocycles. The predicted octanol–water partition coefficient (Wildman–Crippen LogP) is -0.0356. The van der Waals surface area contributed by atoms with Gasteiger partial charge < -0.3 is 14.7 Å². The number of nitrogens with zero attached hydrogens (tertiary/aromatic N) is 4. The van der Waals surface area contributed by atoms with Gasteiger partial charge in [0.05, 0.1) is 18.1 Å². The van der Waals surface area contributed by atoms with Crippen LogP contribution in [0, 0.1) is 10.1 Å². The fourth-order valence-electron chi connectivity index (χ4n) is 1.83. The predicted molar refractivity (Wildman–Crippen MR) is 58.1 cm³/mol. The molecule has 0 radical (unpaired) electrons. The second-order valence-electron chi connectivity index (χ2n) is 3.70. The molecule has 1 saturated heterocycles. The summed E-state index contributed by atoms with van der Waals surface area (Å²) in [5.74, 6) is 0.125. The first kappa shape index (κ1) is 11.5. The highest BCUT2D eigenvalue weighted by molar-refractivity contribution is 5.63. The average Bonchev–Trinajstić information content (AvgIpc) is 2.74. The molecule has 2 rings (SSSR count). The highest BCUT2D eigenvalue weighted by atomic mass is 16.6. The molecule has 8 nitrogen and oxygen atoms in total. The minimum atomic E-state index is -0.571. The molecule has 92 valence electrons. The van der Waals surface area contributed by atoms with Crippen LogP contribution < -0.4 is 9.64 Å². The Morgan fingerprint density at radius 2 is 2.41 bits per heavy atom. The summed E-state index contributed by atoms with van der Waals surface area (Å²) in [7, 11) is 1.32. The zero-order chi connectivity index (χ0) is 12.4. The molecule has 2 heterocycles. The first-order valence-corrected chi connectivity index (χ1v) is 5.10. The third kappa shape index (κ3) is 2.11. The number of methoxy groups -OCH3 is 1. The third-order valence-corrected chi connectivity index (χ3v) is 2.61. The van der Waals surface area contributed by atoms with Crippen molar-refractivity contribution in [2.24, 2.45) is 0 Å². The fourth-order valence-corrected chi connectivity index (χ4v) is 1.83. The van der Waals surface area contributed by atoms with Crippen molar-refractivity contribution in [2.75, 3.05) is 25.1 Å². The lowest BCUT2D eigenvalue weighted by molar-refractivity contribution is -0.385. The summed E-state index contributed by atoms with van der Waals surface area (Å²) in [5, 5.41) is 20.4. The van der Waals surface area contributed by atoms with Crippen LogP contribution in [-0.4, -0.2) is 46.3 Å². The fraction of sp³-hybridized carbons (Fsp3) is 0.556. The van der Waals surface area contributed by atoms with Crippen molar-refractivity contribution in [3.8, 4) is 5.88 Å². The summed E-state index contributed by atoms with van der Waals surface area (Å²) >= 11 is 0. The molecule has 17 heavy (non-hydrogen) atoms. The number of aliphatic hydroxyl groups excluding tert-OH is 1. The van der Waals surface area contributed by atoms with Gasteiger partial charge in [0.2, 0.25) is 5.82 Å². The largest absolute Gasteiger partial charge is 0.476 e. The van der Waals surface area contributed by atoms with Gasteiger partial charge in [0.25, 0.3) is 5.88 Å². The van der Waals surface area contributed by atoms with E-state index in [2.05, 4.69) is 9.97 Å². The van der Waals surface area contributed by atoms with Crippen molar-refractivity contribution < 1.29 is 14.8 Å². The van der Waals surface area contributed by atoms with Crippen LogP contribution >= 0.6 is 0 Å². The second kappa shape index (κ2) is 4.50. The van der Waals surface area contributed by atoms with Crippen LogP contribution in [0.5, 0.6) is 5.88 Å². The summed E-state index contributed by atoms with van der Waals surface area (Å²) in [5.41, 5.74) is -0.260. The molecule has 1 N–H and O–H groups in total. The van der Waals surface area contributed by atoms with Crippen molar-refractivity contribution in [1.29, 1.82) is 0 Å². The van der Waals surface area contributed by atoms with Gasteiger partial charge in [-0.2, -0.15) is 4.98 Å². The number of hydrogen-bond donors (Lipinski definition) is 1. The molecule has 1 aromatic rings. The second-order valence-corrected chi connectivity index (χ2v) is 3.70. The Kier molecular flexibility index (Phi) is 3.05. The first-order valence-electron chi connectivity index (χ1n) is 5.10. The van der Waals surface area contributed by atoms with E-state index in [1.165, 1.54) is 13.4 Å². The lowest BCUT2D eigenvalue weighted by Crippen LogP contribution is -2.23. The van der Waals surface area contributed by atoms with Crippen LogP contribution in [0.15, 0.2) is 6.33 Å². The van der Waals surface area contributed by atoms with Crippen LogP contribution in [-0.2, 0) is 0 Å². The SMILES string of the molecule is COc1ncnc(N2CC[C@@H](O)C2)c1[N+](=O)[O-]. The smallest absolute Gasteiger partial charge is 0.372 e. The molecule has 8 heteroatoms. The molecule has 1 aliphatic heterocycles. The van der Waals surface area contributed by atoms with E-state index >= 15 is 0 Å². The van der Waals surface area contributed by atoms with E-state index in [1.54, 1.807) is 4.90 Å². The molecule has 0 amide bonds. The molecule has 0 aliphatic carbocycles. The van der Waals surface area contributed by atoms with E-state index in [9.17, 15) is 15.2 Å². The van der Waals surface area contributed by atoms with Crippen molar-refractivity contribution in [3.05, 3.63) is 16.4 Å². The minimum Gasteiger partial charge on any atom is -0.476 e. The van der Waals surface area contributed by atoms with Crippen LogP contribution in [0.1, 0.15) is 6.42 Å². The van der Waals surface area contributed by atoms with Crippen LogP contribution in [0.2, 0.25) is 0 Å². The number of aromatic nitrogens is 2. The van der Waals surface area contributed by atoms with Gasteiger partial charge in [-0.1, -0.05) is 0 Å². The zero-order valence-corrected chi connectivity index (χ0v) is 9.24. The Morgan fingerprint density at radius 3 is 2.94 bits per heavy atom. The summed E-state index contributed by atoms with van der Waals surface area (Å²) in [6.07, 6.45) is 1.31. The first-order chi connectivity index (χ1) is 8.13. The van der Waals surface area contributed by atoms with Gasteiger partial charge >= 0.3 is 5.69 Å². The number of nitro groups is 1. The highest BCUT2D eigenvalue weighted by Crippen LogP contribution is 2.34. The lowest BCUT2D eigenvalue weighted by atomic mass is 10.3. The third-order valence-electron chi connectivity index (χ3n) is 2.61. The maximum atomic E-state index is 11.0. The molecule has 0 aromatic carbocycles. The van der Waals surface area contributed by atoms with E-state index in [-0.39, 0.29) is 17.4 Å². The lowest BCUT2D eigenvalue weighted by Gasteiger charge is -2.16. The Bertz CT molecular complexity index is 439. The topological polar surface area (TPSA) is 102 Å². The number of ether oxygens (including phenoxy) is 1. The zero-order valence-electron chi connectivity index (χ0n) is 9.24. The number of anilines is 1. The molecule has 0 bridgehead atoms. The maximum absolute atomic E-state index is 11.0. The minimum absolute atomic E-state index is 0.0682. The quantitative estimate of drug-likeness (QED) is 0.584. The van der Waals surface area contributed by atoms with Gasteiger partial charge in [-0.05, 0) is 6.42 Å². The van der Waals surface area contributed by atoms with Gasteiger partial charge in [0.1, 0.15) is 6.33 Å². The Morgan fingerprint density at radius 1 is 1.65 bits per heavy atom.